The summed E-state index contributed by atoms with van der Waals surface area (Å²) in [5.41, 5.74) is 0.151. The van der Waals surface area contributed by atoms with Crippen molar-refractivity contribution < 1.29 is 33.4 Å². The number of hydrogen-bond acceptors (Lipinski definition) is 7. The molecule has 44 heavy (non-hydrogen) atoms. The maximum atomic E-state index is 14.0. The Morgan fingerprint density at radius 1 is 1.09 bits per heavy atom. The third-order valence-corrected chi connectivity index (χ3v) is 13.5. The van der Waals surface area contributed by atoms with E-state index in [0.717, 1.165) is 32.1 Å². The minimum Gasteiger partial charge on any atom is -0.462 e. The Labute approximate surface area is 263 Å². The molecule has 0 aromatic rings. The van der Waals surface area contributed by atoms with Gasteiger partial charge in [0.05, 0.1) is 13.2 Å². The molecule has 0 N–H and O–H groups in total. The number of Topliss-reactive ketones (excluding diaryl/α,β-unsaturated/α-hetero) is 1. The predicted octanol–water partition coefficient (Wildman–Crippen LogP) is 6.45. The highest BCUT2D eigenvalue weighted by Gasteiger charge is 2.81. The molecule has 0 aromatic heterocycles. The molecule has 0 bridgehead atoms. The molecule has 242 valence electrons. The number of fused-ring (bicyclic) bond motifs is 2. The summed E-state index contributed by atoms with van der Waals surface area (Å²) >= 11 is 0. The van der Waals surface area contributed by atoms with Gasteiger partial charge in [-0.05, 0) is 83.7 Å². The summed E-state index contributed by atoms with van der Waals surface area (Å²) in [5, 5.41) is 0. The summed E-state index contributed by atoms with van der Waals surface area (Å²) in [6, 6.07) is 0. The second-order valence-corrected chi connectivity index (χ2v) is 15.4. The Morgan fingerprint density at radius 2 is 1.80 bits per heavy atom. The van der Waals surface area contributed by atoms with Crippen molar-refractivity contribution in [2.75, 3.05) is 13.2 Å². The third kappa shape index (κ3) is 4.70. The van der Waals surface area contributed by atoms with E-state index < -0.39 is 24.1 Å². The lowest BCUT2D eigenvalue weighted by molar-refractivity contribution is -0.166. The molecule has 0 unspecified atom stereocenters. The van der Waals surface area contributed by atoms with Crippen molar-refractivity contribution in [2.45, 2.75) is 99.2 Å². The Balaban J connectivity index is 1.49. The van der Waals surface area contributed by atoms with Gasteiger partial charge in [-0.15, -0.1) is 6.58 Å². The van der Waals surface area contributed by atoms with E-state index in [9.17, 15) is 19.2 Å². The zero-order valence-corrected chi connectivity index (χ0v) is 27.8. The molecular weight excluding hydrogens is 556 g/mol. The van der Waals surface area contributed by atoms with E-state index in [1.807, 2.05) is 19.9 Å². The average Bonchev–Trinajstić information content (AvgIpc) is 3.56. The molecule has 7 heteroatoms. The van der Waals surface area contributed by atoms with Crippen LogP contribution in [0.5, 0.6) is 0 Å². The molecule has 7 nitrogen and oxygen atoms in total. The van der Waals surface area contributed by atoms with E-state index in [1.165, 1.54) is 13.8 Å². The number of hydrogen-bond donors (Lipinski definition) is 0. The first-order valence-electron chi connectivity index (χ1n) is 16.6. The Hall–Kier alpha value is -2.54. The lowest BCUT2D eigenvalue weighted by atomic mass is 9.43. The molecule has 0 aliphatic heterocycles. The fraction of sp³-hybridized carbons (Fsp3) is 0.730. The van der Waals surface area contributed by atoms with Gasteiger partial charge >= 0.3 is 11.9 Å². The molecule has 4 fully saturated rings. The lowest BCUT2D eigenvalue weighted by Gasteiger charge is -2.61. The highest BCUT2D eigenvalue weighted by Crippen LogP contribution is 2.87. The van der Waals surface area contributed by atoms with Gasteiger partial charge in [-0.3, -0.25) is 19.2 Å². The Kier molecular flexibility index (Phi) is 8.48. The maximum absolute atomic E-state index is 14.0. The standard InChI is InChI=1S/C37H52O7/c1-10-17-42-19-21(2)22(3)32(41)33(44-26(7)39)24(5)31-29(43-25(6)38)18-35(9)30-12-11-27-23(4)28(40)13-14-36(27)20-37(30,36)16-15-34(31,35)8/h10,13-14,21,23-24,27,29-31,33H,1,3,11-12,15-20H2,2,4-9H3/t21-,23-,24-,27-,29-,30-,31-,33+,34+,35-,36+,37-/m0/s1. The summed E-state index contributed by atoms with van der Waals surface area (Å²) in [6.07, 6.45) is 10.2. The number of esters is 2. The van der Waals surface area contributed by atoms with Crippen LogP contribution < -0.4 is 0 Å². The van der Waals surface area contributed by atoms with Gasteiger partial charge < -0.3 is 14.2 Å². The average molecular weight is 609 g/mol. The molecule has 12 atom stereocenters. The summed E-state index contributed by atoms with van der Waals surface area (Å²) < 4.78 is 17.6. The van der Waals surface area contributed by atoms with E-state index >= 15 is 0 Å². The fourth-order valence-corrected chi connectivity index (χ4v) is 11.3. The van der Waals surface area contributed by atoms with Crippen molar-refractivity contribution in [3.8, 4) is 0 Å². The number of rotatable bonds is 11. The molecule has 2 spiro atoms. The third-order valence-electron chi connectivity index (χ3n) is 13.5. The maximum Gasteiger partial charge on any atom is 0.303 e. The minimum absolute atomic E-state index is 0.0553. The topological polar surface area (TPSA) is 96.0 Å². The normalized spacial score (nSPS) is 42.0. The quantitative estimate of drug-likeness (QED) is 0.115. The molecule has 5 aliphatic rings. The van der Waals surface area contributed by atoms with E-state index in [4.69, 9.17) is 14.2 Å². The van der Waals surface area contributed by atoms with Crippen molar-refractivity contribution in [2.24, 2.45) is 57.2 Å². The Morgan fingerprint density at radius 3 is 2.43 bits per heavy atom. The first-order chi connectivity index (χ1) is 20.6. The van der Waals surface area contributed by atoms with Crippen LogP contribution in [0.15, 0.2) is 37.0 Å². The summed E-state index contributed by atoms with van der Waals surface area (Å²) in [7, 11) is 0. The number of ketones is 2. The molecule has 0 aromatic carbocycles. The van der Waals surface area contributed by atoms with E-state index in [1.54, 1.807) is 6.08 Å². The number of ether oxygens (including phenoxy) is 3. The molecule has 0 saturated heterocycles. The van der Waals surface area contributed by atoms with Gasteiger partial charge in [-0.1, -0.05) is 53.3 Å². The van der Waals surface area contributed by atoms with Crippen molar-refractivity contribution >= 4 is 23.5 Å². The lowest BCUT2D eigenvalue weighted by Crippen LogP contribution is -2.56. The van der Waals surface area contributed by atoms with Crippen LogP contribution in [0.3, 0.4) is 0 Å². The highest BCUT2D eigenvalue weighted by atomic mass is 16.6. The first-order valence-corrected chi connectivity index (χ1v) is 16.6. The molecule has 0 heterocycles. The Bertz CT molecular complexity index is 1280. The zero-order chi connectivity index (χ0) is 32.4. The van der Waals surface area contributed by atoms with Crippen molar-refractivity contribution in [3.63, 3.8) is 0 Å². The van der Waals surface area contributed by atoms with Crippen LogP contribution in [0.2, 0.25) is 0 Å². The highest BCUT2D eigenvalue weighted by molar-refractivity contribution is 5.99. The fourth-order valence-electron chi connectivity index (χ4n) is 11.3. The van der Waals surface area contributed by atoms with Crippen LogP contribution in [0.25, 0.3) is 0 Å². The summed E-state index contributed by atoms with van der Waals surface area (Å²) in [5.74, 6) is -0.942. The molecule has 4 saturated carbocycles. The van der Waals surface area contributed by atoms with Crippen LogP contribution in [0, 0.1) is 57.2 Å². The number of carbonyl (C=O) groups excluding carboxylic acids is 4. The van der Waals surface area contributed by atoms with Crippen molar-refractivity contribution in [1.82, 2.24) is 0 Å². The molecule has 0 amide bonds. The predicted molar refractivity (Wildman–Crippen MR) is 167 cm³/mol. The SMILES string of the molecule is C=CCOC[C@H](C)C(=C)C(=O)[C@H](OC(C)=O)[C@@H](C)[C@H]1[C@@H](OC(C)=O)C[C@@]2(C)[C@@H]3CC[C@H]4[C@H](C)C(=O)C=C[C@@]45C[C@@]35CC[C@]12C. The van der Waals surface area contributed by atoms with Crippen molar-refractivity contribution in [1.29, 1.82) is 0 Å². The van der Waals surface area contributed by atoms with Crippen LogP contribution >= 0.6 is 0 Å². The van der Waals surface area contributed by atoms with E-state index in [0.29, 0.717) is 37.0 Å². The minimum atomic E-state index is -1.05. The van der Waals surface area contributed by atoms with Gasteiger partial charge in [0.25, 0.3) is 0 Å². The zero-order valence-electron chi connectivity index (χ0n) is 27.8. The molecule has 5 aliphatic carbocycles. The van der Waals surface area contributed by atoms with Gasteiger partial charge in [0.1, 0.15) is 6.10 Å². The van der Waals surface area contributed by atoms with E-state index in [-0.39, 0.29) is 56.9 Å². The second-order valence-electron chi connectivity index (χ2n) is 15.4. The summed E-state index contributed by atoms with van der Waals surface area (Å²) in [6.45, 7) is 21.9. The van der Waals surface area contributed by atoms with Crippen molar-refractivity contribution in [3.05, 3.63) is 37.0 Å². The number of carbonyl (C=O) groups is 4. The summed E-state index contributed by atoms with van der Waals surface area (Å²) in [4.78, 5) is 51.7. The number of allylic oxidation sites excluding steroid dienone is 2. The van der Waals surface area contributed by atoms with Gasteiger partial charge in [-0.2, -0.15) is 0 Å². The van der Waals surface area contributed by atoms with Crippen LogP contribution in [0.4, 0.5) is 0 Å². The molecule has 5 rings (SSSR count). The van der Waals surface area contributed by atoms with Gasteiger partial charge in [-0.25, -0.2) is 0 Å². The van der Waals surface area contributed by atoms with Crippen LogP contribution in [-0.4, -0.2) is 48.9 Å². The van der Waals surface area contributed by atoms with Gasteiger partial charge in [0.15, 0.2) is 17.7 Å². The second kappa shape index (κ2) is 11.4. The smallest absolute Gasteiger partial charge is 0.303 e. The monoisotopic (exact) mass is 608 g/mol. The van der Waals surface area contributed by atoms with E-state index in [2.05, 4.69) is 40.0 Å². The first kappa shape index (κ1) is 32.8. The molecule has 0 radical (unpaired) electrons. The molecular formula is C37H52O7. The van der Waals surface area contributed by atoms with Crippen LogP contribution in [-0.2, 0) is 33.4 Å². The van der Waals surface area contributed by atoms with Gasteiger partial charge in [0.2, 0.25) is 0 Å². The van der Waals surface area contributed by atoms with Gasteiger partial charge in [0, 0.05) is 37.5 Å². The largest absolute Gasteiger partial charge is 0.462 e. The van der Waals surface area contributed by atoms with Crippen LogP contribution in [0.1, 0.15) is 87.0 Å².